The van der Waals surface area contributed by atoms with Crippen LogP contribution in [0.15, 0.2) is 24.3 Å². The summed E-state index contributed by atoms with van der Waals surface area (Å²) in [6.45, 7) is 6.75. The van der Waals surface area contributed by atoms with Gasteiger partial charge in [0.25, 0.3) is 10.1 Å². The van der Waals surface area contributed by atoms with Crippen molar-refractivity contribution < 1.29 is 13.0 Å². The van der Waals surface area contributed by atoms with Crippen LogP contribution in [0.4, 0.5) is 0 Å². The molecule has 1 N–H and O–H groups in total. The van der Waals surface area contributed by atoms with Crippen molar-refractivity contribution in [3.8, 4) is 0 Å². The van der Waals surface area contributed by atoms with Crippen LogP contribution in [0.25, 0.3) is 0 Å². The van der Waals surface area contributed by atoms with E-state index in [1.165, 1.54) is 44.9 Å². The van der Waals surface area contributed by atoms with Gasteiger partial charge in [0, 0.05) is 0 Å². The number of hydrogen-bond donors (Lipinski definition) is 1. The lowest BCUT2D eigenvalue weighted by atomic mass is 9.88. The van der Waals surface area contributed by atoms with Crippen LogP contribution in [-0.2, 0) is 15.9 Å². The predicted molar refractivity (Wildman–Crippen MR) is 102 cm³/mol. The first kappa shape index (κ1) is 21.2. The minimum atomic E-state index is -3.96. The van der Waals surface area contributed by atoms with Gasteiger partial charge in [0.1, 0.15) is 5.75 Å². The highest BCUT2D eigenvalue weighted by atomic mass is 32.2. The molecule has 0 aliphatic rings. The van der Waals surface area contributed by atoms with Gasteiger partial charge in [-0.1, -0.05) is 90.0 Å². The molecule has 0 fully saturated rings. The minimum absolute atomic E-state index is 0.305. The van der Waals surface area contributed by atoms with E-state index in [2.05, 4.69) is 26.8 Å². The lowest BCUT2D eigenvalue weighted by Crippen LogP contribution is -2.05. The third kappa shape index (κ3) is 9.43. The molecule has 1 aromatic carbocycles. The molecule has 0 aromatic heterocycles. The Balaban J connectivity index is 2.41. The summed E-state index contributed by atoms with van der Waals surface area (Å²) in [5.74, 6) is 0.777. The van der Waals surface area contributed by atoms with E-state index in [4.69, 9.17) is 4.55 Å². The van der Waals surface area contributed by atoms with Crippen molar-refractivity contribution in [1.82, 2.24) is 0 Å². The number of hydrogen-bond acceptors (Lipinski definition) is 2. The topological polar surface area (TPSA) is 54.4 Å². The third-order valence-corrected chi connectivity index (χ3v) is 5.37. The Morgan fingerprint density at radius 2 is 1.71 bits per heavy atom. The average Bonchev–Trinajstić information content (AvgIpc) is 2.49. The number of rotatable bonds is 12. The van der Waals surface area contributed by atoms with E-state index in [-0.39, 0.29) is 5.75 Å². The van der Waals surface area contributed by atoms with Crippen molar-refractivity contribution in [2.75, 3.05) is 0 Å². The van der Waals surface area contributed by atoms with Crippen molar-refractivity contribution in [2.24, 2.45) is 5.92 Å². The van der Waals surface area contributed by atoms with E-state index in [1.807, 2.05) is 12.1 Å². The zero-order valence-electron chi connectivity index (χ0n) is 15.5. The van der Waals surface area contributed by atoms with Crippen LogP contribution in [0, 0.1) is 5.92 Å². The molecule has 0 bridgehead atoms. The monoisotopic (exact) mass is 354 g/mol. The van der Waals surface area contributed by atoms with Crippen molar-refractivity contribution in [3.05, 3.63) is 35.4 Å². The zero-order valence-corrected chi connectivity index (χ0v) is 16.3. The van der Waals surface area contributed by atoms with Crippen LogP contribution in [0.5, 0.6) is 0 Å². The fourth-order valence-corrected chi connectivity index (χ4v) is 3.93. The Morgan fingerprint density at radius 1 is 1.04 bits per heavy atom. The summed E-state index contributed by atoms with van der Waals surface area (Å²) in [5.41, 5.74) is 1.82. The van der Waals surface area contributed by atoms with E-state index in [0.717, 1.165) is 12.0 Å². The molecule has 0 aliphatic carbocycles. The molecule has 2 atom stereocenters. The molecule has 0 amide bonds. The zero-order chi connectivity index (χ0) is 18.0. The first-order valence-corrected chi connectivity index (χ1v) is 11.0. The van der Waals surface area contributed by atoms with Crippen LogP contribution in [0.1, 0.15) is 89.2 Å². The highest BCUT2D eigenvalue weighted by Gasteiger charge is 2.13. The summed E-state index contributed by atoms with van der Waals surface area (Å²) in [6, 6.07) is 7.60. The molecular weight excluding hydrogens is 320 g/mol. The molecular formula is C20H34O3S. The Bertz CT molecular complexity index is 566. The summed E-state index contributed by atoms with van der Waals surface area (Å²) in [7, 11) is -3.96. The average molecular weight is 355 g/mol. The van der Waals surface area contributed by atoms with Gasteiger partial charge in [-0.3, -0.25) is 4.55 Å². The van der Waals surface area contributed by atoms with Gasteiger partial charge in [0.05, 0.1) is 0 Å². The summed E-state index contributed by atoms with van der Waals surface area (Å²) in [4.78, 5) is 0. The molecule has 3 nitrogen and oxygen atoms in total. The standard InChI is InChI=1S/C20H34O3S/c1-4-5-6-7-8-9-11-17(2)14-18(3)20-13-10-12-19(15-20)16-24(21,22)23/h10,12-13,15,17-18H,4-9,11,14,16H2,1-3H3,(H,21,22,23). The van der Waals surface area contributed by atoms with Crippen molar-refractivity contribution in [3.63, 3.8) is 0 Å². The molecule has 0 spiro atoms. The van der Waals surface area contributed by atoms with Gasteiger partial charge in [-0.2, -0.15) is 8.42 Å². The Labute approximate surface area is 148 Å². The third-order valence-electron chi connectivity index (χ3n) is 4.68. The highest BCUT2D eigenvalue weighted by molar-refractivity contribution is 7.85. The Kier molecular flexibility index (Phi) is 9.60. The van der Waals surface area contributed by atoms with Crippen LogP contribution in [0.3, 0.4) is 0 Å². The van der Waals surface area contributed by atoms with E-state index < -0.39 is 10.1 Å². The largest absolute Gasteiger partial charge is 0.285 e. The van der Waals surface area contributed by atoms with Gasteiger partial charge in [0.15, 0.2) is 0 Å². The second-order valence-corrected chi connectivity index (χ2v) is 8.72. The normalized spacial score (nSPS) is 14.5. The van der Waals surface area contributed by atoms with Crippen LogP contribution >= 0.6 is 0 Å². The molecule has 0 saturated carbocycles. The SMILES string of the molecule is CCCCCCCCC(C)CC(C)c1cccc(CS(=O)(=O)O)c1. The molecule has 0 radical (unpaired) electrons. The second-order valence-electron chi connectivity index (χ2n) is 7.27. The number of unbranched alkanes of at least 4 members (excludes halogenated alkanes) is 5. The fourth-order valence-electron chi connectivity index (χ4n) is 3.33. The molecule has 0 aliphatic heterocycles. The van der Waals surface area contributed by atoms with Crippen LogP contribution in [0.2, 0.25) is 0 Å². The van der Waals surface area contributed by atoms with Gasteiger partial charge in [-0.15, -0.1) is 0 Å². The lowest BCUT2D eigenvalue weighted by molar-refractivity contribution is 0.428. The van der Waals surface area contributed by atoms with E-state index in [0.29, 0.717) is 17.4 Å². The maximum absolute atomic E-state index is 11.0. The fraction of sp³-hybridized carbons (Fsp3) is 0.700. The van der Waals surface area contributed by atoms with Crippen molar-refractivity contribution >= 4 is 10.1 Å². The van der Waals surface area contributed by atoms with Gasteiger partial charge in [-0.05, 0) is 29.4 Å². The maximum atomic E-state index is 11.0. The molecule has 2 unspecified atom stereocenters. The molecule has 0 heterocycles. The molecule has 4 heteroatoms. The number of benzene rings is 1. The summed E-state index contributed by atoms with van der Waals surface area (Å²) >= 11 is 0. The predicted octanol–water partition coefficient (Wildman–Crippen LogP) is 5.95. The molecule has 24 heavy (non-hydrogen) atoms. The first-order valence-electron chi connectivity index (χ1n) is 9.35. The second kappa shape index (κ2) is 10.9. The highest BCUT2D eigenvalue weighted by Crippen LogP contribution is 2.27. The van der Waals surface area contributed by atoms with Gasteiger partial charge in [-0.25, -0.2) is 0 Å². The van der Waals surface area contributed by atoms with Crippen LogP contribution in [-0.4, -0.2) is 13.0 Å². The Hall–Kier alpha value is -0.870. The minimum Gasteiger partial charge on any atom is -0.285 e. The van der Waals surface area contributed by atoms with Gasteiger partial charge < -0.3 is 0 Å². The smallest absolute Gasteiger partial charge is 0.269 e. The maximum Gasteiger partial charge on any atom is 0.269 e. The molecule has 1 aromatic rings. The molecule has 0 saturated heterocycles. The van der Waals surface area contributed by atoms with Crippen molar-refractivity contribution in [1.29, 1.82) is 0 Å². The van der Waals surface area contributed by atoms with Crippen molar-refractivity contribution in [2.45, 2.75) is 83.8 Å². The van der Waals surface area contributed by atoms with E-state index >= 15 is 0 Å². The summed E-state index contributed by atoms with van der Waals surface area (Å²) in [5, 5.41) is 0. The summed E-state index contributed by atoms with van der Waals surface area (Å²) in [6.07, 6.45) is 10.4. The summed E-state index contributed by atoms with van der Waals surface area (Å²) < 4.78 is 31.0. The molecule has 138 valence electrons. The first-order chi connectivity index (χ1) is 11.3. The molecule has 1 rings (SSSR count). The van der Waals surface area contributed by atoms with Crippen LogP contribution < -0.4 is 0 Å². The van der Waals surface area contributed by atoms with E-state index in [9.17, 15) is 8.42 Å². The quantitative estimate of drug-likeness (QED) is 0.372. The lowest BCUT2D eigenvalue weighted by Gasteiger charge is -2.18. The Morgan fingerprint density at radius 3 is 2.38 bits per heavy atom. The van der Waals surface area contributed by atoms with E-state index in [1.54, 1.807) is 6.07 Å². The van der Waals surface area contributed by atoms with Gasteiger partial charge >= 0.3 is 0 Å². The van der Waals surface area contributed by atoms with Gasteiger partial charge in [0.2, 0.25) is 0 Å².